The fraction of sp³-hybridized carbons (Fsp3) is 0.500. The highest BCUT2D eigenvalue weighted by atomic mass is 32.2. The van der Waals surface area contributed by atoms with Gasteiger partial charge in [0.15, 0.2) is 5.82 Å². The molecule has 1 aliphatic heterocycles. The van der Waals surface area contributed by atoms with Gasteiger partial charge in [0.2, 0.25) is 5.95 Å². The summed E-state index contributed by atoms with van der Waals surface area (Å²) < 4.78 is 26.5. The summed E-state index contributed by atoms with van der Waals surface area (Å²) in [5.74, 6) is -2.00. The van der Waals surface area contributed by atoms with E-state index in [1.807, 2.05) is 11.8 Å². The van der Waals surface area contributed by atoms with E-state index in [0.29, 0.717) is 18.3 Å². The molecule has 1 atom stereocenters. The lowest BCUT2D eigenvalue weighted by Crippen LogP contribution is -2.42. The number of amides is 1. The van der Waals surface area contributed by atoms with Crippen LogP contribution < -0.4 is 0 Å². The van der Waals surface area contributed by atoms with Gasteiger partial charge in [-0.05, 0) is 12.5 Å². The van der Waals surface area contributed by atoms with Crippen LogP contribution in [0.4, 0.5) is 8.78 Å². The molecule has 0 bridgehead atoms. The van der Waals surface area contributed by atoms with Crippen molar-refractivity contribution in [3.05, 3.63) is 29.6 Å². The Balaban J connectivity index is 2.18. The van der Waals surface area contributed by atoms with E-state index in [2.05, 4.69) is 11.9 Å². The molecule has 0 saturated carbocycles. The van der Waals surface area contributed by atoms with Crippen LogP contribution in [0.3, 0.4) is 0 Å². The Morgan fingerprint density at radius 3 is 3.11 bits per heavy atom. The second-order valence-electron chi connectivity index (χ2n) is 4.12. The Bertz CT molecular complexity index is 456. The van der Waals surface area contributed by atoms with E-state index in [1.165, 1.54) is 6.07 Å². The van der Waals surface area contributed by atoms with Crippen LogP contribution in [0, 0.1) is 11.8 Å². The molecule has 0 spiro atoms. The highest BCUT2D eigenvalue weighted by molar-refractivity contribution is 8.00. The van der Waals surface area contributed by atoms with Gasteiger partial charge in [0.25, 0.3) is 5.91 Å². The van der Waals surface area contributed by atoms with Gasteiger partial charge >= 0.3 is 0 Å². The van der Waals surface area contributed by atoms with Crippen molar-refractivity contribution < 1.29 is 13.6 Å². The molecule has 2 rings (SSSR count). The molecule has 98 valence electrons. The molecule has 1 aliphatic rings. The fourth-order valence-corrected chi connectivity index (χ4v) is 3.08. The number of halogens is 2. The van der Waals surface area contributed by atoms with E-state index in [1.54, 1.807) is 4.90 Å². The van der Waals surface area contributed by atoms with Crippen molar-refractivity contribution in [3.63, 3.8) is 0 Å². The van der Waals surface area contributed by atoms with Crippen LogP contribution in [0.1, 0.15) is 23.7 Å². The standard InChI is InChI=1S/C12H14F2N2OS/c1-2-8-7-16(5-6-18-8)12(17)9-3-4-15-11(14)10(9)13/h3-4,8H,2,5-7H2,1H3. The van der Waals surface area contributed by atoms with E-state index in [9.17, 15) is 13.6 Å². The number of aromatic nitrogens is 1. The van der Waals surface area contributed by atoms with E-state index < -0.39 is 17.7 Å². The number of nitrogens with zero attached hydrogens (tertiary/aromatic N) is 2. The zero-order valence-corrected chi connectivity index (χ0v) is 10.8. The van der Waals surface area contributed by atoms with E-state index in [4.69, 9.17) is 0 Å². The quantitative estimate of drug-likeness (QED) is 0.775. The molecule has 0 radical (unpaired) electrons. The van der Waals surface area contributed by atoms with Crippen LogP contribution in [-0.2, 0) is 0 Å². The number of thioether (sulfide) groups is 1. The Hall–Kier alpha value is -1.17. The van der Waals surface area contributed by atoms with Gasteiger partial charge in [0.1, 0.15) is 0 Å². The lowest BCUT2D eigenvalue weighted by Gasteiger charge is -2.32. The zero-order valence-electron chi connectivity index (χ0n) is 10.0. The number of pyridine rings is 1. The van der Waals surface area contributed by atoms with Crippen molar-refractivity contribution in [2.75, 3.05) is 18.8 Å². The van der Waals surface area contributed by atoms with E-state index >= 15 is 0 Å². The molecule has 1 unspecified atom stereocenters. The largest absolute Gasteiger partial charge is 0.337 e. The van der Waals surface area contributed by atoms with Crippen molar-refractivity contribution in [3.8, 4) is 0 Å². The highest BCUT2D eigenvalue weighted by Crippen LogP contribution is 2.23. The maximum atomic E-state index is 13.5. The summed E-state index contributed by atoms with van der Waals surface area (Å²) in [6.07, 6.45) is 2.07. The van der Waals surface area contributed by atoms with Crippen LogP contribution in [0.15, 0.2) is 12.3 Å². The normalized spacial score (nSPS) is 19.9. The number of rotatable bonds is 2. The van der Waals surface area contributed by atoms with Gasteiger partial charge in [-0.15, -0.1) is 0 Å². The van der Waals surface area contributed by atoms with Gasteiger partial charge in [0.05, 0.1) is 5.56 Å². The summed E-state index contributed by atoms with van der Waals surface area (Å²) in [7, 11) is 0. The SMILES string of the molecule is CCC1CN(C(=O)c2ccnc(F)c2F)CCS1. The van der Waals surface area contributed by atoms with Crippen LogP contribution in [0.5, 0.6) is 0 Å². The predicted molar refractivity (Wildman–Crippen MR) is 66.6 cm³/mol. The first-order valence-corrected chi connectivity index (χ1v) is 6.89. The molecule has 6 heteroatoms. The van der Waals surface area contributed by atoms with Crippen LogP contribution in [0.2, 0.25) is 0 Å². The van der Waals surface area contributed by atoms with Gasteiger partial charge in [-0.3, -0.25) is 4.79 Å². The average Bonchev–Trinajstić information content (AvgIpc) is 2.41. The first kappa shape index (κ1) is 13.3. The molecule has 0 aromatic carbocycles. The summed E-state index contributed by atoms with van der Waals surface area (Å²) in [6.45, 7) is 3.21. The molecule has 0 aliphatic carbocycles. The van der Waals surface area contributed by atoms with E-state index in [-0.39, 0.29) is 5.56 Å². The van der Waals surface area contributed by atoms with Crippen molar-refractivity contribution >= 4 is 17.7 Å². The van der Waals surface area contributed by atoms with Crippen molar-refractivity contribution in [2.45, 2.75) is 18.6 Å². The Morgan fingerprint density at radius 2 is 2.39 bits per heavy atom. The molecule has 1 saturated heterocycles. The minimum Gasteiger partial charge on any atom is -0.337 e. The van der Waals surface area contributed by atoms with Gasteiger partial charge in [0, 0.05) is 30.3 Å². The van der Waals surface area contributed by atoms with Crippen molar-refractivity contribution in [1.82, 2.24) is 9.88 Å². The van der Waals surface area contributed by atoms with Gasteiger partial charge in [-0.25, -0.2) is 9.37 Å². The molecule has 0 N–H and O–H groups in total. The second-order valence-corrected chi connectivity index (χ2v) is 5.52. The molecular weight excluding hydrogens is 258 g/mol. The third-order valence-electron chi connectivity index (χ3n) is 2.96. The fourth-order valence-electron chi connectivity index (χ4n) is 1.90. The zero-order chi connectivity index (χ0) is 13.1. The smallest absolute Gasteiger partial charge is 0.257 e. The van der Waals surface area contributed by atoms with Crippen LogP contribution in [-0.4, -0.2) is 39.9 Å². The number of carbonyl (C=O) groups excluding carboxylic acids is 1. The summed E-state index contributed by atoms with van der Waals surface area (Å²) in [5.41, 5.74) is -0.232. The first-order chi connectivity index (χ1) is 8.63. The molecule has 3 nitrogen and oxygen atoms in total. The number of hydrogen-bond donors (Lipinski definition) is 0. The molecule has 1 amide bonds. The minimum atomic E-state index is -1.22. The van der Waals surface area contributed by atoms with Crippen molar-refractivity contribution in [2.24, 2.45) is 0 Å². The summed E-state index contributed by atoms with van der Waals surface area (Å²) in [4.78, 5) is 16.9. The van der Waals surface area contributed by atoms with Gasteiger partial charge in [-0.2, -0.15) is 16.2 Å². The summed E-state index contributed by atoms with van der Waals surface area (Å²) >= 11 is 1.81. The average molecular weight is 272 g/mol. The molecule has 2 heterocycles. The Labute approximate surface area is 109 Å². The molecular formula is C12H14F2N2OS. The first-order valence-electron chi connectivity index (χ1n) is 5.84. The minimum absolute atomic E-state index is 0.232. The Kier molecular flexibility index (Phi) is 4.16. The van der Waals surface area contributed by atoms with Gasteiger partial charge < -0.3 is 4.90 Å². The lowest BCUT2D eigenvalue weighted by atomic mass is 10.2. The monoisotopic (exact) mass is 272 g/mol. The molecule has 18 heavy (non-hydrogen) atoms. The maximum Gasteiger partial charge on any atom is 0.257 e. The van der Waals surface area contributed by atoms with E-state index in [0.717, 1.165) is 18.4 Å². The lowest BCUT2D eigenvalue weighted by molar-refractivity contribution is 0.0754. The van der Waals surface area contributed by atoms with Crippen LogP contribution >= 0.6 is 11.8 Å². The topological polar surface area (TPSA) is 33.2 Å². The maximum absolute atomic E-state index is 13.5. The summed E-state index contributed by atoms with van der Waals surface area (Å²) in [5, 5.41) is 0.373. The van der Waals surface area contributed by atoms with Crippen molar-refractivity contribution in [1.29, 1.82) is 0 Å². The molecule has 1 aromatic heterocycles. The second kappa shape index (κ2) is 5.65. The molecule has 1 fully saturated rings. The third-order valence-corrected chi connectivity index (χ3v) is 4.33. The number of hydrogen-bond acceptors (Lipinski definition) is 3. The highest BCUT2D eigenvalue weighted by Gasteiger charge is 2.26. The predicted octanol–water partition coefficient (Wildman–Crippen LogP) is 2.33. The third kappa shape index (κ3) is 2.63. The molecule has 1 aromatic rings. The van der Waals surface area contributed by atoms with Gasteiger partial charge in [-0.1, -0.05) is 6.92 Å². The van der Waals surface area contributed by atoms with Crippen LogP contribution in [0.25, 0.3) is 0 Å². The number of carbonyl (C=O) groups is 1. The summed E-state index contributed by atoms with van der Waals surface area (Å²) in [6, 6.07) is 1.23. The Morgan fingerprint density at radius 1 is 1.61 bits per heavy atom.